The lowest BCUT2D eigenvalue weighted by Gasteiger charge is -2.29. The predicted octanol–water partition coefficient (Wildman–Crippen LogP) is 1.74. The fraction of sp³-hybridized carbons (Fsp3) is 0.750. The van der Waals surface area contributed by atoms with Crippen LogP contribution in [0.25, 0.3) is 0 Å². The highest BCUT2D eigenvalue weighted by Crippen LogP contribution is 2.31. The molecule has 1 N–H and O–H groups in total. The van der Waals surface area contributed by atoms with Gasteiger partial charge in [0, 0.05) is 0 Å². The SMILES string of the molecule is C1=CC2(CCCCC2)NO1. The second-order valence-electron chi connectivity index (χ2n) is 3.24. The lowest BCUT2D eigenvalue weighted by atomic mass is 9.83. The van der Waals surface area contributed by atoms with E-state index in [1.54, 1.807) is 6.26 Å². The summed E-state index contributed by atoms with van der Waals surface area (Å²) in [5, 5.41) is 0. The van der Waals surface area contributed by atoms with E-state index in [4.69, 9.17) is 4.84 Å². The smallest absolute Gasteiger partial charge is 0.109 e. The molecule has 0 atom stereocenters. The molecule has 1 heterocycles. The molecule has 1 aliphatic carbocycles. The zero-order chi connectivity index (χ0) is 6.86. The fourth-order valence-corrected chi connectivity index (χ4v) is 1.80. The van der Waals surface area contributed by atoms with E-state index in [1.165, 1.54) is 32.1 Å². The van der Waals surface area contributed by atoms with Crippen LogP contribution in [-0.2, 0) is 4.84 Å². The molecule has 2 nitrogen and oxygen atoms in total. The summed E-state index contributed by atoms with van der Waals surface area (Å²) in [6.07, 6.45) is 10.5. The summed E-state index contributed by atoms with van der Waals surface area (Å²) in [6.45, 7) is 0. The van der Waals surface area contributed by atoms with Crippen LogP contribution in [0.1, 0.15) is 32.1 Å². The van der Waals surface area contributed by atoms with Crippen LogP contribution in [0.4, 0.5) is 0 Å². The van der Waals surface area contributed by atoms with E-state index < -0.39 is 0 Å². The van der Waals surface area contributed by atoms with Crippen molar-refractivity contribution in [2.24, 2.45) is 0 Å². The van der Waals surface area contributed by atoms with Crippen molar-refractivity contribution in [1.82, 2.24) is 5.48 Å². The van der Waals surface area contributed by atoms with Crippen LogP contribution in [0.15, 0.2) is 12.3 Å². The number of nitrogens with one attached hydrogen (secondary N) is 1. The minimum Gasteiger partial charge on any atom is -0.416 e. The zero-order valence-corrected chi connectivity index (χ0v) is 6.10. The molecule has 0 saturated heterocycles. The molecule has 1 spiro atoms. The molecule has 0 bridgehead atoms. The van der Waals surface area contributed by atoms with Gasteiger partial charge in [0.05, 0.1) is 5.54 Å². The van der Waals surface area contributed by atoms with E-state index in [-0.39, 0.29) is 5.54 Å². The molecule has 1 aliphatic heterocycles. The third-order valence-corrected chi connectivity index (χ3v) is 2.46. The van der Waals surface area contributed by atoms with Gasteiger partial charge in [0.25, 0.3) is 0 Å². The Bertz CT molecular complexity index is 147. The third-order valence-electron chi connectivity index (χ3n) is 2.46. The first-order valence-corrected chi connectivity index (χ1v) is 4.02. The van der Waals surface area contributed by atoms with Crippen molar-refractivity contribution >= 4 is 0 Å². The highest BCUT2D eigenvalue weighted by Gasteiger charge is 2.32. The van der Waals surface area contributed by atoms with E-state index in [0.29, 0.717) is 0 Å². The molecule has 0 aromatic carbocycles. The van der Waals surface area contributed by atoms with E-state index >= 15 is 0 Å². The molecular formula is C8H13NO. The van der Waals surface area contributed by atoms with Gasteiger partial charge in [-0.05, 0) is 18.9 Å². The molecule has 10 heavy (non-hydrogen) atoms. The van der Waals surface area contributed by atoms with Gasteiger partial charge in [-0.1, -0.05) is 19.3 Å². The molecule has 2 aliphatic rings. The number of hydrogen-bond donors (Lipinski definition) is 1. The van der Waals surface area contributed by atoms with Gasteiger partial charge in [0.15, 0.2) is 0 Å². The fourth-order valence-electron chi connectivity index (χ4n) is 1.80. The lowest BCUT2D eigenvalue weighted by Crippen LogP contribution is -2.40. The van der Waals surface area contributed by atoms with Crippen LogP contribution < -0.4 is 5.48 Å². The Labute approximate surface area is 61.2 Å². The topological polar surface area (TPSA) is 21.3 Å². The number of rotatable bonds is 0. The van der Waals surface area contributed by atoms with Crippen molar-refractivity contribution in [2.45, 2.75) is 37.6 Å². The zero-order valence-electron chi connectivity index (χ0n) is 6.10. The maximum Gasteiger partial charge on any atom is 0.109 e. The molecular weight excluding hydrogens is 126 g/mol. The minimum absolute atomic E-state index is 0.220. The third kappa shape index (κ3) is 0.926. The maximum absolute atomic E-state index is 5.01. The Balaban J connectivity index is 2.05. The molecule has 2 heteroatoms. The van der Waals surface area contributed by atoms with Gasteiger partial charge >= 0.3 is 0 Å². The van der Waals surface area contributed by atoms with E-state index in [9.17, 15) is 0 Å². The van der Waals surface area contributed by atoms with Gasteiger partial charge in [0.1, 0.15) is 6.26 Å². The van der Waals surface area contributed by atoms with Gasteiger partial charge in [-0.3, -0.25) is 0 Å². The molecule has 0 amide bonds. The van der Waals surface area contributed by atoms with Crippen molar-refractivity contribution in [3.63, 3.8) is 0 Å². The second kappa shape index (κ2) is 2.27. The van der Waals surface area contributed by atoms with Crippen LogP contribution in [0.5, 0.6) is 0 Å². The molecule has 0 unspecified atom stereocenters. The van der Waals surface area contributed by atoms with Gasteiger partial charge in [-0.15, -0.1) is 5.48 Å². The van der Waals surface area contributed by atoms with Crippen LogP contribution in [0.2, 0.25) is 0 Å². The van der Waals surface area contributed by atoms with Crippen LogP contribution in [0, 0.1) is 0 Å². The summed E-state index contributed by atoms with van der Waals surface area (Å²) in [5.74, 6) is 0. The van der Waals surface area contributed by atoms with Gasteiger partial charge in [-0.2, -0.15) is 0 Å². The van der Waals surface area contributed by atoms with Crippen LogP contribution in [-0.4, -0.2) is 5.54 Å². The second-order valence-corrected chi connectivity index (χ2v) is 3.24. The summed E-state index contributed by atoms with van der Waals surface area (Å²) >= 11 is 0. The largest absolute Gasteiger partial charge is 0.416 e. The van der Waals surface area contributed by atoms with Crippen molar-refractivity contribution in [2.75, 3.05) is 0 Å². The highest BCUT2D eigenvalue weighted by molar-refractivity contribution is 5.07. The molecule has 1 saturated carbocycles. The predicted molar refractivity (Wildman–Crippen MR) is 39.2 cm³/mol. The summed E-state index contributed by atoms with van der Waals surface area (Å²) in [7, 11) is 0. The summed E-state index contributed by atoms with van der Waals surface area (Å²) < 4.78 is 0. The molecule has 0 aromatic rings. The van der Waals surface area contributed by atoms with Gasteiger partial charge in [-0.25, -0.2) is 0 Å². The average Bonchev–Trinajstić information content (AvgIpc) is 2.39. The quantitative estimate of drug-likeness (QED) is 0.552. The monoisotopic (exact) mass is 139 g/mol. The number of hydroxylamine groups is 1. The Morgan fingerprint density at radius 1 is 1.20 bits per heavy atom. The van der Waals surface area contributed by atoms with E-state index in [2.05, 4.69) is 11.6 Å². The molecule has 0 aromatic heterocycles. The Kier molecular flexibility index (Phi) is 1.42. The first-order valence-electron chi connectivity index (χ1n) is 4.02. The molecule has 1 fully saturated rings. The summed E-state index contributed by atoms with van der Waals surface area (Å²) in [5.41, 5.74) is 3.28. The lowest BCUT2D eigenvalue weighted by molar-refractivity contribution is 0.0785. The van der Waals surface area contributed by atoms with E-state index in [0.717, 1.165) is 0 Å². The van der Waals surface area contributed by atoms with Crippen LogP contribution in [0.3, 0.4) is 0 Å². The summed E-state index contributed by atoms with van der Waals surface area (Å²) in [4.78, 5) is 5.01. The maximum atomic E-state index is 5.01. The first-order chi connectivity index (χ1) is 4.91. The van der Waals surface area contributed by atoms with Crippen molar-refractivity contribution < 1.29 is 4.84 Å². The average molecular weight is 139 g/mol. The molecule has 2 rings (SSSR count). The van der Waals surface area contributed by atoms with Crippen molar-refractivity contribution in [1.29, 1.82) is 0 Å². The Morgan fingerprint density at radius 2 is 2.00 bits per heavy atom. The Morgan fingerprint density at radius 3 is 2.60 bits per heavy atom. The standard InChI is InChI=1S/C8H13NO/c1-2-4-8(5-3-1)6-7-10-9-8/h6-7,9H,1-5H2. The Hall–Kier alpha value is -0.500. The summed E-state index contributed by atoms with van der Waals surface area (Å²) in [6, 6.07) is 0. The normalized spacial score (nSPS) is 28.8. The number of hydrogen-bond acceptors (Lipinski definition) is 2. The van der Waals surface area contributed by atoms with E-state index in [1.807, 2.05) is 0 Å². The first kappa shape index (κ1) is 6.23. The van der Waals surface area contributed by atoms with Crippen molar-refractivity contribution in [3.05, 3.63) is 12.3 Å². The highest BCUT2D eigenvalue weighted by atomic mass is 16.6. The van der Waals surface area contributed by atoms with Crippen LogP contribution >= 0.6 is 0 Å². The van der Waals surface area contributed by atoms with Crippen molar-refractivity contribution in [3.8, 4) is 0 Å². The minimum atomic E-state index is 0.220. The van der Waals surface area contributed by atoms with Gasteiger partial charge in [0.2, 0.25) is 0 Å². The van der Waals surface area contributed by atoms with Gasteiger partial charge < -0.3 is 4.84 Å². The molecule has 56 valence electrons. The molecule has 0 radical (unpaired) electrons.